The summed E-state index contributed by atoms with van der Waals surface area (Å²) >= 11 is 0. The van der Waals surface area contributed by atoms with Crippen LogP contribution in [0.5, 0.6) is 0 Å². The van der Waals surface area contributed by atoms with Crippen LogP contribution in [0.3, 0.4) is 0 Å². The van der Waals surface area contributed by atoms with Crippen molar-refractivity contribution in [2.24, 2.45) is 0 Å². The van der Waals surface area contributed by atoms with Crippen molar-refractivity contribution in [3.8, 4) is 22.5 Å². The number of imidazole rings is 1. The summed E-state index contributed by atoms with van der Waals surface area (Å²) in [7, 11) is 0. The average Bonchev–Trinajstić information content (AvgIpc) is 3.14. The van der Waals surface area contributed by atoms with Gasteiger partial charge in [-0.2, -0.15) is 0 Å². The van der Waals surface area contributed by atoms with Crippen LogP contribution >= 0.6 is 0 Å². The molecule has 0 atom stereocenters. The quantitative estimate of drug-likeness (QED) is 0.474. The summed E-state index contributed by atoms with van der Waals surface area (Å²) in [6, 6.07) is 20.7. The second kappa shape index (κ2) is 10.1. The van der Waals surface area contributed by atoms with Crippen molar-refractivity contribution in [3.63, 3.8) is 0 Å². The molecule has 0 radical (unpaired) electrons. The molecule has 0 aliphatic heterocycles. The van der Waals surface area contributed by atoms with Crippen molar-refractivity contribution in [1.29, 1.82) is 0 Å². The van der Waals surface area contributed by atoms with Crippen molar-refractivity contribution in [2.45, 2.75) is 52.2 Å². The highest BCUT2D eigenvalue weighted by Crippen LogP contribution is 2.31. The second-order valence-corrected chi connectivity index (χ2v) is 8.36. The predicted octanol–water partition coefficient (Wildman–Crippen LogP) is 5.91. The van der Waals surface area contributed by atoms with Gasteiger partial charge < -0.3 is 14.6 Å². The molecule has 3 rings (SSSR count). The Morgan fingerprint density at radius 1 is 0.933 bits per heavy atom. The summed E-state index contributed by atoms with van der Waals surface area (Å²) in [6.45, 7) is 7.11. The van der Waals surface area contributed by atoms with E-state index < -0.39 is 5.60 Å². The van der Waals surface area contributed by atoms with E-state index in [9.17, 15) is 4.79 Å². The maximum atomic E-state index is 11.7. The number of rotatable bonds is 8. The van der Waals surface area contributed by atoms with Gasteiger partial charge >= 0.3 is 6.09 Å². The van der Waals surface area contributed by atoms with Gasteiger partial charge in [0.15, 0.2) is 0 Å². The third-order valence-electron chi connectivity index (χ3n) is 4.68. The van der Waals surface area contributed by atoms with Gasteiger partial charge in [-0.25, -0.2) is 9.78 Å². The van der Waals surface area contributed by atoms with Gasteiger partial charge in [-0.15, -0.1) is 0 Å². The average molecular weight is 406 g/mol. The highest BCUT2D eigenvalue weighted by molar-refractivity contribution is 5.78. The Hall–Kier alpha value is -3.08. The molecule has 158 valence electrons. The zero-order valence-corrected chi connectivity index (χ0v) is 18.1. The second-order valence-electron chi connectivity index (χ2n) is 8.36. The van der Waals surface area contributed by atoms with Gasteiger partial charge in [-0.3, -0.25) is 0 Å². The minimum atomic E-state index is -0.462. The predicted molar refractivity (Wildman–Crippen MR) is 121 cm³/mol. The summed E-state index contributed by atoms with van der Waals surface area (Å²) < 4.78 is 7.50. The minimum absolute atomic E-state index is 0.351. The number of hydrogen-bond acceptors (Lipinski definition) is 3. The van der Waals surface area contributed by atoms with E-state index in [-0.39, 0.29) is 6.09 Å². The van der Waals surface area contributed by atoms with Gasteiger partial charge in [0.05, 0.1) is 17.7 Å². The molecule has 5 nitrogen and oxygen atoms in total. The lowest BCUT2D eigenvalue weighted by Gasteiger charge is -2.19. The Labute approximate surface area is 179 Å². The van der Waals surface area contributed by atoms with E-state index in [2.05, 4.69) is 46.3 Å². The number of nitrogens with zero attached hydrogens (tertiary/aromatic N) is 2. The maximum absolute atomic E-state index is 11.7. The Kier molecular flexibility index (Phi) is 7.28. The highest BCUT2D eigenvalue weighted by Gasteiger charge is 2.16. The lowest BCUT2D eigenvalue weighted by Crippen LogP contribution is -2.33. The standard InChI is InChI=1S/C25H31N3O2/c1-25(2,3)30-24(29)26-17-11-6-12-18-28-19-27-22(20-13-7-4-8-14-20)23(28)21-15-9-5-10-16-21/h4-5,7-10,13-16,19H,6,11-12,17-18H2,1-3H3,(H,26,29). The third kappa shape index (κ3) is 6.21. The number of benzene rings is 2. The molecule has 2 aromatic carbocycles. The molecule has 5 heteroatoms. The normalized spacial score (nSPS) is 11.3. The molecule has 0 saturated carbocycles. The van der Waals surface area contributed by atoms with Crippen molar-refractivity contribution < 1.29 is 9.53 Å². The Morgan fingerprint density at radius 3 is 2.20 bits per heavy atom. The van der Waals surface area contributed by atoms with Gasteiger partial charge in [0.2, 0.25) is 0 Å². The Bertz CT molecular complexity index is 928. The molecule has 3 aromatic rings. The van der Waals surface area contributed by atoms with Crippen LogP contribution in [0.1, 0.15) is 40.0 Å². The van der Waals surface area contributed by atoms with Crippen LogP contribution in [0, 0.1) is 0 Å². The Balaban J connectivity index is 1.59. The van der Waals surface area contributed by atoms with Crippen LogP contribution in [0.15, 0.2) is 67.0 Å². The first kappa shape index (κ1) is 21.6. The molecular weight excluding hydrogens is 374 g/mol. The molecule has 1 aromatic heterocycles. The van der Waals surface area contributed by atoms with E-state index in [1.165, 1.54) is 5.56 Å². The van der Waals surface area contributed by atoms with E-state index in [0.717, 1.165) is 42.8 Å². The molecule has 30 heavy (non-hydrogen) atoms. The van der Waals surface area contributed by atoms with Gasteiger partial charge in [0, 0.05) is 24.2 Å². The molecule has 0 unspecified atom stereocenters. The lowest BCUT2D eigenvalue weighted by molar-refractivity contribution is 0.0527. The number of aryl methyl sites for hydroxylation is 1. The summed E-state index contributed by atoms with van der Waals surface area (Å²) in [5, 5.41) is 2.82. The number of amides is 1. The lowest BCUT2D eigenvalue weighted by atomic mass is 10.0. The zero-order valence-electron chi connectivity index (χ0n) is 18.1. The fraction of sp³-hybridized carbons (Fsp3) is 0.360. The number of nitrogens with one attached hydrogen (secondary N) is 1. The number of alkyl carbamates (subject to hydrolysis) is 1. The van der Waals surface area contributed by atoms with Crippen LogP contribution in [0.25, 0.3) is 22.5 Å². The van der Waals surface area contributed by atoms with E-state index in [1.807, 2.05) is 51.4 Å². The molecule has 1 heterocycles. The minimum Gasteiger partial charge on any atom is -0.444 e. The molecular formula is C25H31N3O2. The van der Waals surface area contributed by atoms with Gasteiger partial charge in [0.25, 0.3) is 0 Å². The monoisotopic (exact) mass is 405 g/mol. The topological polar surface area (TPSA) is 56.1 Å². The molecule has 0 aliphatic rings. The van der Waals surface area contributed by atoms with Crippen molar-refractivity contribution in [1.82, 2.24) is 14.9 Å². The van der Waals surface area contributed by atoms with E-state index in [4.69, 9.17) is 9.72 Å². The molecule has 0 bridgehead atoms. The van der Waals surface area contributed by atoms with Crippen molar-refractivity contribution in [3.05, 3.63) is 67.0 Å². The van der Waals surface area contributed by atoms with Gasteiger partial charge in [-0.05, 0) is 40.0 Å². The number of aromatic nitrogens is 2. The zero-order chi connectivity index (χ0) is 21.4. The first-order chi connectivity index (χ1) is 14.4. The van der Waals surface area contributed by atoms with Gasteiger partial charge in [-0.1, -0.05) is 60.7 Å². The summed E-state index contributed by atoms with van der Waals surface area (Å²) in [4.78, 5) is 16.4. The fourth-order valence-electron chi connectivity index (χ4n) is 3.35. The molecule has 1 amide bonds. The smallest absolute Gasteiger partial charge is 0.407 e. The summed E-state index contributed by atoms with van der Waals surface area (Å²) in [6.07, 6.45) is 4.53. The molecule has 1 N–H and O–H groups in total. The number of hydrogen-bond donors (Lipinski definition) is 1. The van der Waals surface area contributed by atoms with E-state index in [1.54, 1.807) is 0 Å². The van der Waals surface area contributed by atoms with Crippen LogP contribution < -0.4 is 5.32 Å². The van der Waals surface area contributed by atoms with E-state index >= 15 is 0 Å². The number of ether oxygens (including phenoxy) is 1. The van der Waals surface area contributed by atoms with Crippen LogP contribution in [0.4, 0.5) is 4.79 Å². The van der Waals surface area contributed by atoms with Crippen LogP contribution in [0.2, 0.25) is 0 Å². The summed E-state index contributed by atoms with van der Waals surface area (Å²) in [5.74, 6) is 0. The maximum Gasteiger partial charge on any atom is 0.407 e. The molecule has 0 saturated heterocycles. The number of unbranched alkanes of at least 4 members (excludes halogenated alkanes) is 2. The van der Waals surface area contributed by atoms with Crippen LogP contribution in [-0.2, 0) is 11.3 Å². The summed E-state index contributed by atoms with van der Waals surface area (Å²) in [5.41, 5.74) is 3.98. The first-order valence-electron chi connectivity index (χ1n) is 10.6. The number of carbonyl (C=O) groups is 1. The van der Waals surface area contributed by atoms with Crippen molar-refractivity contribution >= 4 is 6.09 Å². The van der Waals surface area contributed by atoms with Crippen LogP contribution in [-0.4, -0.2) is 27.8 Å². The SMILES string of the molecule is CC(C)(C)OC(=O)NCCCCCn1cnc(-c2ccccc2)c1-c1ccccc1. The van der Waals surface area contributed by atoms with E-state index in [0.29, 0.717) is 6.54 Å². The van der Waals surface area contributed by atoms with Gasteiger partial charge in [0.1, 0.15) is 5.60 Å². The first-order valence-corrected chi connectivity index (χ1v) is 10.6. The van der Waals surface area contributed by atoms with Crippen molar-refractivity contribution in [2.75, 3.05) is 6.54 Å². The fourth-order valence-corrected chi connectivity index (χ4v) is 3.35. The molecule has 0 aliphatic carbocycles. The Morgan fingerprint density at radius 2 is 1.57 bits per heavy atom. The third-order valence-corrected chi connectivity index (χ3v) is 4.68. The highest BCUT2D eigenvalue weighted by atomic mass is 16.6. The number of carbonyl (C=O) groups excluding carboxylic acids is 1. The molecule has 0 spiro atoms. The molecule has 0 fully saturated rings. The largest absolute Gasteiger partial charge is 0.444 e.